The molecule has 21 heavy (non-hydrogen) atoms. The molecule has 2 aromatic rings. The van der Waals surface area contributed by atoms with Crippen LogP contribution in [0.3, 0.4) is 0 Å². The Hall–Kier alpha value is -2.08. The summed E-state index contributed by atoms with van der Waals surface area (Å²) in [6.45, 7) is 3.25. The number of nitrogens with zero attached hydrogens (tertiary/aromatic N) is 1. The molecule has 1 heterocycles. The van der Waals surface area contributed by atoms with Crippen molar-refractivity contribution < 1.29 is 13.2 Å². The molecule has 1 N–H and O–H groups in total. The largest absolute Gasteiger partial charge is 0.344 e. The van der Waals surface area contributed by atoms with Crippen molar-refractivity contribution in [2.24, 2.45) is 0 Å². The fourth-order valence-electron chi connectivity index (χ4n) is 2.34. The van der Waals surface area contributed by atoms with E-state index in [2.05, 4.69) is 4.98 Å². The monoisotopic (exact) mass is 306 g/mol. The van der Waals surface area contributed by atoms with Crippen LogP contribution in [0.25, 0.3) is 11.1 Å². The zero-order valence-corrected chi connectivity index (χ0v) is 13.3. The van der Waals surface area contributed by atoms with Crippen molar-refractivity contribution in [2.75, 3.05) is 17.6 Å². The third kappa shape index (κ3) is 2.85. The highest BCUT2D eigenvalue weighted by Gasteiger charge is 2.25. The van der Waals surface area contributed by atoms with Crippen LogP contribution in [-0.4, -0.2) is 32.5 Å². The van der Waals surface area contributed by atoms with Crippen LogP contribution in [0.4, 0.5) is 5.82 Å². The first-order chi connectivity index (χ1) is 9.73. The Morgan fingerprint density at radius 3 is 2.24 bits per heavy atom. The van der Waals surface area contributed by atoms with E-state index >= 15 is 0 Å². The fraction of sp³-hybridized carbons (Fsp3) is 0.267. The minimum Gasteiger partial charge on any atom is -0.344 e. The molecule has 0 saturated carbocycles. The molecule has 0 saturated heterocycles. The quantitative estimate of drug-likeness (QED) is 0.883. The Kier molecular flexibility index (Phi) is 3.91. The number of aromatic amines is 1. The van der Waals surface area contributed by atoms with E-state index in [4.69, 9.17) is 0 Å². The van der Waals surface area contributed by atoms with Crippen molar-refractivity contribution in [2.45, 2.75) is 13.8 Å². The number of nitrogens with one attached hydrogen (secondary N) is 1. The molecule has 1 aromatic heterocycles. The lowest BCUT2D eigenvalue weighted by molar-refractivity contribution is 0.101. The van der Waals surface area contributed by atoms with E-state index in [9.17, 15) is 13.2 Å². The summed E-state index contributed by atoms with van der Waals surface area (Å²) in [5, 5.41) is 0. The number of H-pyrrole nitrogens is 1. The van der Waals surface area contributed by atoms with E-state index in [1.54, 1.807) is 6.92 Å². The summed E-state index contributed by atoms with van der Waals surface area (Å²) >= 11 is 0. The topological polar surface area (TPSA) is 70.2 Å². The van der Waals surface area contributed by atoms with Crippen LogP contribution in [0.2, 0.25) is 0 Å². The number of hydrogen-bond donors (Lipinski definition) is 1. The summed E-state index contributed by atoms with van der Waals surface area (Å²) in [5.41, 5.74) is 2.60. The number of benzene rings is 1. The first-order valence-corrected chi connectivity index (χ1v) is 8.31. The molecule has 0 unspecified atom stereocenters. The van der Waals surface area contributed by atoms with Gasteiger partial charge in [0.1, 0.15) is 5.82 Å². The minimum absolute atomic E-state index is 0.101. The summed E-state index contributed by atoms with van der Waals surface area (Å²) in [4.78, 5) is 15.0. The second-order valence-electron chi connectivity index (χ2n) is 5.00. The molecule has 0 amide bonds. The highest BCUT2D eigenvalue weighted by molar-refractivity contribution is 7.92. The first-order valence-electron chi connectivity index (χ1n) is 6.46. The number of carbonyl (C=O) groups is 1. The maximum Gasteiger partial charge on any atom is 0.233 e. The number of rotatable bonds is 4. The molecule has 0 radical (unpaired) electrons. The van der Waals surface area contributed by atoms with Gasteiger partial charge in [0.05, 0.1) is 6.26 Å². The van der Waals surface area contributed by atoms with Crippen molar-refractivity contribution in [3.05, 3.63) is 41.6 Å². The van der Waals surface area contributed by atoms with Crippen LogP contribution < -0.4 is 4.31 Å². The van der Waals surface area contributed by atoms with Gasteiger partial charge in [-0.05, 0) is 19.4 Å². The Balaban J connectivity index is 2.79. The molecular weight excluding hydrogens is 288 g/mol. The number of aromatic nitrogens is 1. The van der Waals surface area contributed by atoms with Crippen molar-refractivity contribution in [1.29, 1.82) is 0 Å². The molecule has 0 aliphatic carbocycles. The van der Waals surface area contributed by atoms with Gasteiger partial charge in [-0.15, -0.1) is 0 Å². The molecule has 112 valence electrons. The number of anilines is 1. The van der Waals surface area contributed by atoms with Crippen LogP contribution in [0.5, 0.6) is 0 Å². The normalized spacial score (nSPS) is 11.4. The van der Waals surface area contributed by atoms with Crippen molar-refractivity contribution >= 4 is 21.6 Å². The number of Topliss-reactive ketones (excluding diaryl/α,β-unsaturated/α-hetero) is 1. The van der Waals surface area contributed by atoms with E-state index in [1.165, 1.54) is 14.0 Å². The van der Waals surface area contributed by atoms with Crippen molar-refractivity contribution in [1.82, 2.24) is 4.98 Å². The fourth-order valence-corrected chi connectivity index (χ4v) is 2.81. The van der Waals surface area contributed by atoms with Gasteiger partial charge in [-0.3, -0.25) is 9.10 Å². The van der Waals surface area contributed by atoms with Gasteiger partial charge in [0, 0.05) is 23.9 Å². The minimum atomic E-state index is -3.42. The van der Waals surface area contributed by atoms with Crippen LogP contribution in [-0.2, 0) is 10.0 Å². The van der Waals surface area contributed by atoms with Crippen molar-refractivity contribution in [3.8, 4) is 11.1 Å². The Morgan fingerprint density at radius 2 is 1.76 bits per heavy atom. The van der Waals surface area contributed by atoms with Gasteiger partial charge in [0.2, 0.25) is 10.0 Å². The Morgan fingerprint density at radius 1 is 1.19 bits per heavy atom. The lowest BCUT2D eigenvalue weighted by Gasteiger charge is -2.17. The number of carbonyl (C=O) groups excluding carboxylic acids is 1. The van der Waals surface area contributed by atoms with Gasteiger partial charge >= 0.3 is 0 Å². The van der Waals surface area contributed by atoms with Gasteiger partial charge in [0.25, 0.3) is 0 Å². The number of aryl methyl sites for hydroxylation is 1. The Bertz CT molecular complexity index is 777. The molecule has 0 atom stereocenters. The molecule has 2 rings (SSSR count). The molecule has 6 heteroatoms. The van der Waals surface area contributed by atoms with E-state index in [-0.39, 0.29) is 5.78 Å². The Labute approximate surface area is 124 Å². The van der Waals surface area contributed by atoms with Crippen LogP contribution in [0.15, 0.2) is 30.3 Å². The van der Waals surface area contributed by atoms with Gasteiger partial charge in [-0.1, -0.05) is 30.3 Å². The molecule has 0 bridgehead atoms. The van der Waals surface area contributed by atoms with E-state index in [0.29, 0.717) is 22.6 Å². The summed E-state index contributed by atoms with van der Waals surface area (Å²) in [5.74, 6) is 0.308. The van der Waals surface area contributed by atoms with Crippen LogP contribution in [0.1, 0.15) is 23.0 Å². The third-order valence-electron chi connectivity index (χ3n) is 3.39. The highest BCUT2D eigenvalue weighted by Crippen LogP contribution is 2.36. The second-order valence-corrected chi connectivity index (χ2v) is 7.02. The summed E-state index contributed by atoms with van der Waals surface area (Å²) in [7, 11) is -1.96. The lowest BCUT2D eigenvalue weighted by Crippen LogP contribution is -2.25. The molecule has 5 nitrogen and oxygen atoms in total. The van der Waals surface area contributed by atoms with E-state index < -0.39 is 10.0 Å². The first kappa shape index (κ1) is 15.3. The summed E-state index contributed by atoms with van der Waals surface area (Å²) in [6.07, 6.45) is 1.13. The highest BCUT2D eigenvalue weighted by atomic mass is 32.2. The smallest absolute Gasteiger partial charge is 0.233 e. The summed E-state index contributed by atoms with van der Waals surface area (Å²) in [6, 6.07) is 9.29. The zero-order valence-electron chi connectivity index (χ0n) is 12.5. The van der Waals surface area contributed by atoms with Crippen LogP contribution >= 0.6 is 0 Å². The van der Waals surface area contributed by atoms with Crippen molar-refractivity contribution in [3.63, 3.8) is 0 Å². The van der Waals surface area contributed by atoms with Gasteiger partial charge < -0.3 is 4.98 Å². The maximum absolute atomic E-state index is 12.0. The third-order valence-corrected chi connectivity index (χ3v) is 4.57. The average Bonchev–Trinajstić information content (AvgIpc) is 2.75. The average molecular weight is 306 g/mol. The zero-order chi connectivity index (χ0) is 15.8. The predicted molar refractivity (Wildman–Crippen MR) is 84.2 cm³/mol. The standard InChI is InChI=1S/C15H18N2O3S/c1-10-13(11(2)18)14(12-8-6-5-7-9-12)15(16-10)17(3)21(4,19)20/h5-9,16H,1-4H3. The molecule has 0 aliphatic rings. The molecule has 0 fully saturated rings. The maximum atomic E-state index is 12.0. The van der Waals surface area contributed by atoms with E-state index in [1.807, 2.05) is 30.3 Å². The van der Waals surface area contributed by atoms with Gasteiger partial charge in [0.15, 0.2) is 5.78 Å². The molecule has 0 aliphatic heterocycles. The van der Waals surface area contributed by atoms with Gasteiger partial charge in [-0.25, -0.2) is 8.42 Å². The molecule has 1 aromatic carbocycles. The SMILES string of the molecule is CC(=O)c1c(C)[nH]c(N(C)S(C)(=O)=O)c1-c1ccccc1. The lowest BCUT2D eigenvalue weighted by atomic mass is 10.00. The predicted octanol–water partition coefficient (Wildman–Crippen LogP) is 2.59. The number of ketones is 1. The number of sulfonamides is 1. The van der Waals surface area contributed by atoms with E-state index in [0.717, 1.165) is 16.1 Å². The van der Waals surface area contributed by atoms with Crippen LogP contribution in [0, 0.1) is 6.92 Å². The summed E-state index contributed by atoms with van der Waals surface area (Å²) < 4.78 is 24.8. The second kappa shape index (κ2) is 5.37. The molecule has 0 spiro atoms. The molecular formula is C15H18N2O3S. The number of hydrogen-bond acceptors (Lipinski definition) is 3. The van der Waals surface area contributed by atoms with Gasteiger partial charge in [-0.2, -0.15) is 0 Å².